The van der Waals surface area contributed by atoms with E-state index in [4.69, 9.17) is 0 Å². The van der Waals surface area contributed by atoms with Gasteiger partial charge in [-0.2, -0.15) is 4.31 Å². The molecule has 0 aliphatic carbocycles. The fraction of sp³-hybridized carbons (Fsp3) is 0.250. The second-order valence-electron chi connectivity index (χ2n) is 7.10. The summed E-state index contributed by atoms with van der Waals surface area (Å²) >= 11 is 3.30. The fourth-order valence-electron chi connectivity index (χ4n) is 3.43. The minimum Gasteiger partial charge on any atom is -0.493 e. The number of nitrogens with one attached hydrogen (secondary N) is 1. The van der Waals surface area contributed by atoms with Gasteiger partial charge in [-0.15, -0.1) is 10.2 Å². The lowest BCUT2D eigenvalue weighted by molar-refractivity contribution is -0.119. The van der Waals surface area contributed by atoms with Gasteiger partial charge in [0, 0.05) is 36.0 Å². The Bertz CT molecular complexity index is 1230. The number of carbonyl (C=O) groups is 1. The van der Waals surface area contributed by atoms with E-state index in [2.05, 4.69) is 31.1 Å². The van der Waals surface area contributed by atoms with E-state index in [1.807, 2.05) is 11.0 Å². The SMILES string of the molecule is O=C(CN1CCN(S(=O)(=O)c2ccc(Br)cc2)CC1)N=Nc1c(O)[nH]c2ccccc12. The second kappa shape index (κ2) is 8.87. The Kier molecular flexibility index (Phi) is 6.19. The number of aromatic hydroxyl groups is 1. The quantitative estimate of drug-likeness (QED) is 0.515. The molecule has 0 saturated carbocycles. The molecule has 0 bridgehead atoms. The summed E-state index contributed by atoms with van der Waals surface area (Å²) in [4.78, 5) is 17.1. The summed E-state index contributed by atoms with van der Waals surface area (Å²) in [5.74, 6) is -0.613. The Morgan fingerprint density at radius 1 is 1.06 bits per heavy atom. The van der Waals surface area contributed by atoms with Crippen LogP contribution in [0, 0.1) is 0 Å². The highest BCUT2D eigenvalue weighted by molar-refractivity contribution is 9.10. The number of rotatable bonds is 5. The minimum absolute atomic E-state index is 0.0266. The highest BCUT2D eigenvalue weighted by atomic mass is 79.9. The molecule has 4 rings (SSSR count). The van der Waals surface area contributed by atoms with Crippen LogP contribution in [0.25, 0.3) is 10.9 Å². The Balaban J connectivity index is 1.35. The second-order valence-corrected chi connectivity index (χ2v) is 9.95. The van der Waals surface area contributed by atoms with Crippen molar-refractivity contribution in [1.29, 1.82) is 0 Å². The molecular formula is C20H20BrN5O4S. The molecular weight excluding hydrogens is 486 g/mol. The Morgan fingerprint density at radius 2 is 1.74 bits per heavy atom. The zero-order valence-corrected chi connectivity index (χ0v) is 18.8. The van der Waals surface area contributed by atoms with Crippen LogP contribution in [-0.4, -0.2) is 66.3 Å². The molecule has 3 aromatic rings. The van der Waals surface area contributed by atoms with Crippen LogP contribution in [-0.2, 0) is 14.8 Å². The average Bonchev–Trinajstić information content (AvgIpc) is 3.08. The van der Waals surface area contributed by atoms with E-state index in [0.29, 0.717) is 24.0 Å². The van der Waals surface area contributed by atoms with Crippen molar-refractivity contribution in [2.24, 2.45) is 10.2 Å². The molecule has 11 heteroatoms. The molecule has 0 unspecified atom stereocenters. The molecule has 9 nitrogen and oxygen atoms in total. The third-order valence-electron chi connectivity index (χ3n) is 5.06. The van der Waals surface area contributed by atoms with Gasteiger partial charge >= 0.3 is 0 Å². The zero-order chi connectivity index (χ0) is 22.0. The number of sulfonamides is 1. The van der Waals surface area contributed by atoms with Crippen LogP contribution in [0.2, 0.25) is 0 Å². The van der Waals surface area contributed by atoms with Gasteiger partial charge in [-0.05, 0) is 30.3 Å². The number of nitrogens with zero attached hydrogens (tertiary/aromatic N) is 4. The summed E-state index contributed by atoms with van der Waals surface area (Å²) in [7, 11) is -3.57. The molecule has 1 fully saturated rings. The van der Waals surface area contributed by atoms with Gasteiger partial charge in [-0.3, -0.25) is 9.69 Å². The predicted molar refractivity (Wildman–Crippen MR) is 119 cm³/mol. The molecule has 1 aliphatic rings. The Morgan fingerprint density at radius 3 is 2.45 bits per heavy atom. The van der Waals surface area contributed by atoms with Crippen LogP contribution in [0.15, 0.2) is 68.1 Å². The van der Waals surface area contributed by atoms with Gasteiger partial charge in [0.1, 0.15) is 0 Å². The number of azo groups is 1. The normalized spacial score (nSPS) is 16.3. The lowest BCUT2D eigenvalue weighted by Crippen LogP contribution is -2.49. The molecule has 31 heavy (non-hydrogen) atoms. The van der Waals surface area contributed by atoms with Crippen molar-refractivity contribution < 1.29 is 18.3 Å². The fourth-order valence-corrected chi connectivity index (χ4v) is 5.11. The van der Waals surface area contributed by atoms with Gasteiger partial charge < -0.3 is 10.1 Å². The minimum atomic E-state index is -3.57. The topological polar surface area (TPSA) is 118 Å². The molecule has 2 heterocycles. The van der Waals surface area contributed by atoms with Crippen molar-refractivity contribution >= 4 is 48.5 Å². The number of hydrogen-bond donors (Lipinski definition) is 2. The van der Waals surface area contributed by atoms with Crippen LogP contribution in [0.1, 0.15) is 0 Å². The van der Waals surface area contributed by atoms with Gasteiger partial charge in [-0.25, -0.2) is 8.42 Å². The van der Waals surface area contributed by atoms with Crippen molar-refractivity contribution in [2.45, 2.75) is 4.90 Å². The summed E-state index contributed by atoms with van der Waals surface area (Å²) in [5, 5.41) is 18.3. The maximum atomic E-state index is 12.8. The van der Waals surface area contributed by atoms with Gasteiger partial charge in [0.15, 0.2) is 5.69 Å². The van der Waals surface area contributed by atoms with Crippen LogP contribution in [0.5, 0.6) is 5.88 Å². The summed E-state index contributed by atoms with van der Waals surface area (Å²) < 4.78 is 27.8. The first kappa shape index (κ1) is 21.6. The third-order valence-corrected chi connectivity index (χ3v) is 7.50. The smallest absolute Gasteiger partial charge is 0.278 e. The van der Waals surface area contributed by atoms with Gasteiger partial charge in [0.05, 0.1) is 17.0 Å². The molecule has 1 saturated heterocycles. The van der Waals surface area contributed by atoms with E-state index in [-0.39, 0.29) is 36.1 Å². The van der Waals surface area contributed by atoms with Crippen molar-refractivity contribution in [2.75, 3.05) is 32.7 Å². The molecule has 0 radical (unpaired) electrons. The molecule has 0 atom stereocenters. The number of amides is 1. The van der Waals surface area contributed by atoms with E-state index >= 15 is 0 Å². The number of halogens is 1. The summed E-state index contributed by atoms with van der Waals surface area (Å²) in [6.07, 6.45) is 0. The van der Waals surface area contributed by atoms with E-state index < -0.39 is 15.9 Å². The number of aromatic nitrogens is 1. The molecule has 2 N–H and O–H groups in total. The molecule has 1 amide bonds. The van der Waals surface area contributed by atoms with E-state index in [9.17, 15) is 18.3 Å². The molecule has 2 aromatic carbocycles. The lowest BCUT2D eigenvalue weighted by Gasteiger charge is -2.33. The predicted octanol–water partition coefficient (Wildman–Crippen LogP) is 3.25. The maximum absolute atomic E-state index is 12.8. The monoisotopic (exact) mass is 505 g/mol. The van der Waals surface area contributed by atoms with E-state index in [0.717, 1.165) is 4.47 Å². The standard InChI is InChI=1S/C20H20BrN5O4S/c21-14-5-7-15(8-6-14)31(29,30)26-11-9-25(10-12-26)13-18(27)23-24-19-16-3-1-2-4-17(16)22-20(19)28/h1-8,22,28H,9-13H2. The van der Waals surface area contributed by atoms with Crippen molar-refractivity contribution in [1.82, 2.24) is 14.2 Å². The largest absolute Gasteiger partial charge is 0.493 e. The first-order valence-electron chi connectivity index (χ1n) is 9.57. The number of aromatic amines is 1. The molecule has 1 aromatic heterocycles. The van der Waals surface area contributed by atoms with Crippen LogP contribution >= 0.6 is 15.9 Å². The first-order valence-corrected chi connectivity index (χ1v) is 11.8. The van der Waals surface area contributed by atoms with Crippen LogP contribution < -0.4 is 0 Å². The highest BCUT2D eigenvalue weighted by Crippen LogP contribution is 2.35. The van der Waals surface area contributed by atoms with Gasteiger partial charge in [-0.1, -0.05) is 34.1 Å². The Labute approximate surface area is 187 Å². The first-order chi connectivity index (χ1) is 14.8. The summed E-state index contributed by atoms with van der Waals surface area (Å²) in [6, 6.07) is 13.7. The van der Waals surface area contributed by atoms with Gasteiger partial charge in [0.2, 0.25) is 15.9 Å². The highest BCUT2D eigenvalue weighted by Gasteiger charge is 2.29. The summed E-state index contributed by atoms with van der Waals surface area (Å²) in [5.41, 5.74) is 0.916. The summed E-state index contributed by atoms with van der Waals surface area (Å²) in [6.45, 7) is 1.42. The number of para-hydroxylation sites is 1. The number of carbonyl (C=O) groups excluding carboxylic acids is 1. The maximum Gasteiger partial charge on any atom is 0.278 e. The lowest BCUT2D eigenvalue weighted by atomic mass is 10.2. The third kappa shape index (κ3) is 4.69. The van der Waals surface area contributed by atoms with Gasteiger partial charge in [0.25, 0.3) is 5.91 Å². The van der Waals surface area contributed by atoms with Crippen molar-refractivity contribution in [3.05, 3.63) is 53.0 Å². The molecule has 1 aliphatic heterocycles. The number of fused-ring (bicyclic) bond motifs is 1. The Hall–Kier alpha value is -2.60. The van der Waals surface area contributed by atoms with E-state index in [1.165, 1.54) is 4.31 Å². The molecule has 0 spiro atoms. The zero-order valence-electron chi connectivity index (χ0n) is 16.4. The number of hydrogen-bond acceptors (Lipinski definition) is 6. The van der Waals surface area contributed by atoms with E-state index in [1.54, 1.807) is 42.5 Å². The average molecular weight is 506 g/mol. The van der Waals surface area contributed by atoms with Crippen molar-refractivity contribution in [3.8, 4) is 5.88 Å². The number of H-pyrrole nitrogens is 1. The van der Waals surface area contributed by atoms with Crippen molar-refractivity contribution in [3.63, 3.8) is 0 Å². The molecule has 162 valence electrons. The van der Waals surface area contributed by atoms with Crippen LogP contribution in [0.3, 0.4) is 0 Å². The number of benzene rings is 2. The number of piperazine rings is 1. The van der Waals surface area contributed by atoms with Crippen LogP contribution in [0.4, 0.5) is 5.69 Å².